The summed E-state index contributed by atoms with van der Waals surface area (Å²) in [5.41, 5.74) is 0.112. The van der Waals surface area contributed by atoms with Crippen LogP contribution < -0.4 is 4.90 Å². The molecule has 0 saturated carbocycles. The number of halogens is 4. The van der Waals surface area contributed by atoms with Crippen LogP contribution in [-0.2, 0) is 4.79 Å². The van der Waals surface area contributed by atoms with E-state index in [0.717, 1.165) is 11.0 Å². The van der Waals surface area contributed by atoms with Crippen LogP contribution in [0.15, 0.2) is 18.2 Å². The Balaban J connectivity index is 3.26. The Hall–Kier alpha value is -1.94. The lowest BCUT2D eigenvalue weighted by molar-refractivity contribution is -0.140. The monoisotopic (exact) mass is 320 g/mol. The fraction of sp³-hybridized carbons (Fsp3) is 0.385. The standard InChI is InChI=1S/C13H12ClF3N2O2/c1-2-11(12(20)21)19(7-13(15,16)17)9-4-3-8(6-18)10(14)5-9/h3-5,11H,2,7H2,1H3,(H,20,21). The molecule has 114 valence electrons. The average Bonchev–Trinajstić information content (AvgIpc) is 2.36. The summed E-state index contributed by atoms with van der Waals surface area (Å²) in [5, 5.41) is 17.8. The van der Waals surface area contributed by atoms with E-state index in [1.165, 1.54) is 19.1 Å². The first-order valence-corrected chi connectivity index (χ1v) is 6.33. The highest BCUT2D eigenvalue weighted by Gasteiger charge is 2.36. The maximum Gasteiger partial charge on any atom is 0.405 e. The summed E-state index contributed by atoms with van der Waals surface area (Å²) in [5.74, 6) is -1.36. The number of benzene rings is 1. The molecule has 1 unspecified atom stereocenters. The third-order valence-corrected chi connectivity index (χ3v) is 3.12. The van der Waals surface area contributed by atoms with Gasteiger partial charge in [-0.25, -0.2) is 4.79 Å². The second-order valence-electron chi connectivity index (χ2n) is 4.28. The Bertz CT molecular complexity index is 570. The van der Waals surface area contributed by atoms with Gasteiger partial charge in [0, 0.05) is 5.69 Å². The zero-order valence-corrected chi connectivity index (χ0v) is 11.7. The first-order valence-electron chi connectivity index (χ1n) is 5.95. The van der Waals surface area contributed by atoms with E-state index in [1.807, 2.05) is 0 Å². The predicted molar refractivity (Wildman–Crippen MR) is 71.3 cm³/mol. The largest absolute Gasteiger partial charge is 0.480 e. The lowest BCUT2D eigenvalue weighted by atomic mass is 10.1. The molecule has 0 aliphatic heterocycles. The molecule has 4 nitrogen and oxygen atoms in total. The van der Waals surface area contributed by atoms with Crippen molar-refractivity contribution in [3.8, 4) is 6.07 Å². The van der Waals surface area contributed by atoms with Gasteiger partial charge in [0.2, 0.25) is 0 Å². The third kappa shape index (κ3) is 4.53. The molecule has 0 saturated heterocycles. The van der Waals surface area contributed by atoms with Gasteiger partial charge < -0.3 is 10.0 Å². The number of hydrogen-bond donors (Lipinski definition) is 1. The van der Waals surface area contributed by atoms with Crippen molar-refractivity contribution in [3.05, 3.63) is 28.8 Å². The van der Waals surface area contributed by atoms with Crippen molar-refractivity contribution in [1.82, 2.24) is 0 Å². The van der Waals surface area contributed by atoms with Crippen LogP contribution in [-0.4, -0.2) is 29.8 Å². The number of alkyl halides is 3. The van der Waals surface area contributed by atoms with Gasteiger partial charge >= 0.3 is 12.1 Å². The van der Waals surface area contributed by atoms with Crippen LogP contribution in [0.3, 0.4) is 0 Å². The van der Waals surface area contributed by atoms with Crippen molar-refractivity contribution in [1.29, 1.82) is 5.26 Å². The molecule has 0 aromatic heterocycles. The summed E-state index contributed by atoms with van der Waals surface area (Å²) in [7, 11) is 0. The molecule has 0 amide bonds. The Kier molecular flexibility index (Phi) is 5.44. The van der Waals surface area contributed by atoms with Crippen LogP contribution in [0.4, 0.5) is 18.9 Å². The van der Waals surface area contributed by atoms with E-state index < -0.39 is 24.7 Å². The van der Waals surface area contributed by atoms with Gasteiger partial charge in [0.1, 0.15) is 18.7 Å². The number of rotatable bonds is 5. The highest BCUT2D eigenvalue weighted by molar-refractivity contribution is 6.32. The van der Waals surface area contributed by atoms with Gasteiger partial charge in [-0.2, -0.15) is 18.4 Å². The molecule has 0 radical (unpaired) electrons. The number of aliphatic carboxylic acids is 1. The smallest absolute Gasteiger partial charge is 0.405 e. The summed E-state index contributed by atoms with van der Waals surface area (Å²) in [6, 6.07) is 4.12. The Morgan fingerprint density at radius 1 is 1.52 bits per heavy atom. The van der Waals surface area contributed by atoms with E-state index in [9.17, 15) is 18.0 Å². The molecule has 1 aromatic rings. The molecule has 0 spiro atoms. The number of hydrogen-bond acceptors (Lipinski definition) is 3. The number of carbonyl (C=O) groups is 1. The summed E-state index contributed by atoms with van der Waals surface area (Å²) in [6.07, 6.45) is -4.58. The van der Waals surface area contributed by atoms with Crippen molar-refractivity contribution >= 4 is 23.3 Å². The van der Waals surface area contributed by atoms with Gasteiger partial charge in [-0.1, -0.05) is 18.5 Å². The van der Waals surface area contributed by atoms with Crippen LogP contribution in [0.2, 0.25) is 5.02 Å². The Morgan fingerprint density at radius 2 is 2.14 bits per heavy atom. The quantitative estimate of drug-likeness (QED) is 0.902. The van der Waals surface area contributed by atoms with Gasteiger partial charge in [0.25, 0.3) is 0 Å². The van der Waals surface area contributed by atoms with E-state index in [4.69, 9.17) is 22.0 Å². The predicted octanol–water partition coefficient (Wildman–Crippen LogP) is 3.44. The van der Waals surface area contributed by atoms with E-state index in [-0.39, 0.29) is 22.7 Å². The molecule has 21 heavy (non-hydrogen) atoms. The van der Waals surface area contributed by atoms with Crippen molar-refractivity contribution in [2.75, 3.05) is 11.4 Å². The highest BCUT2D eigenvalue weighted by atomic mass is 35.5. The molecule has 1 aromatic carbocycles. The van der Waals surface area contributed by atoms with Crippen LogP contribution in [0, 0.1) is 11.3 Å². The molecule has 0 heterocycles. The van der Waals surface area contributed by atoms with Crippen molar-refractivity contribution in [2.24, 2.45) is 0 Å². The Morgan fingerprint density at radius 3 is 2.52 bits per heavy atom. The summed E-state index contributed by atoms with van der Waals surface area (Å²) in [4.78, 5) is 11.9. The van der Waals surface area contributed by atoms with E-state index in [0.29, 0.717) is 0 Å². The number of nitrogens with zero attached hydrogens (tertiary/aromatic N) is 2. The van der Waals surface area contributed by atoms with Gasteiger partial charge in [0.15, 0.2) is 0 Å². The maximum atomic E-state index is 12.7. The second-order valence-corrected chi connectivity index (χ2v) is 4.69. The molecular weight excluding hydrogens is 309 g/mol. The summed E-state index contributed by atoms with van der Waals surface area (Å²) < 4.78 is 38.0. The first-order chi connectivity index (χ1) is 9.69. The fourth-order valence-electron chi connectivity index (χ4n) is 1.88. The minimum absolute atomic E-state index is 0.00516. The van der Waals surface area contributed by atoms with Crippen molar-refractivity contribution in [2.45, 2.75) is 25.6 Å². The number of carboxylic acid groups (broad SMARTS) is 1. The molecule has 8 heteroatoms. The lowest BCUT2D eigenvalue weighted by Crippen LogP contribution is -2.46. The van der Waals surface area contributed by atoms with E-state index in [1.54, 1.807) is 6.07 Å². The van der Waals surface area contributed by atoms with E-state index >= 15 is 0 Å². The van der Waals surface area contributed by atoms with Gasteiger partial charge in [-0.15, -0.1) is 0 Å². The SMILES string of the molecule is CCC(C(=O)O)N(CC(F)(F)F)c1ccc(C#N)c(Cl)c1. The van der Waals surface area contributed by atoms with Crippen LogP contribution in [0.5, 0.6) is 0 Å². The number of carboxylic acids is 1. The first kappa shape index (κ1) is 17.1. The molecule has 0 fully saturated rings. The number of anilines is 1. The molecular formula is C13H12ClF3N2O2. The minimum Gasteiger partial charge on any atom is -0.480 e. The lowest BCUT2D eigenvalue weighted by Gasteiger charge is -2.31. The molecule has 0 bridgehead atoms. The van der Waals surface area contributed by atoms with Crippen LogP contribution in [0.1, 0.15) is 18.9 Å². The van der Waals surface area contributed by atoms with Crippen LogP contribution in [0.25, 0.3) is 0 Å². The molecule has 1 rings (SSSR count). The zero-order valence-electron chi connectivity index (χ0n) is 11.0. The van der Waals surface area contributed by atoms with Crippen molar-refractivity contribution < 1.29 is 23.1 Å². The van der Waals surface area contributed by atoms with Gasteiger partial charge in [-0.05, 0) is 24.6 Å². The summed E-state index contributed by atoms with van der Waals surface area (Å²) in [6.45, 7) is 0.0629. The van der Waals surface area contributed by atoms with Gasteiger partial charge in [0.05, 0.1) is 10.6 Å². The molecule has 1 atom stereocenters. The minimum atomic E-state index is -4.57. The second kappa shape index (κ2) is 6.68. The third-order valence-electron chi connectivity index (χ3n) is 2.80. The fourth-order valence-corrected chi connectivity index (χ4v) is 2.09. The summed E-state index contributed by atoms with van der Waals surface area (Å²) >= 11 is 5.79. The zero-order chi connectivity index (χ0) is 16.2. The van der Waals surface area contributed by atoms with E-state index in [2.05, 4.69) is 0 Å². The average molecular weight is 321 g/mol. The maximum absolute atomic E-state index is 12.7. The topological polar surface area (TPSA) is 64.3 Å². The molecule has 1 N–H and O–H groups in total. The molecule has 0 aliphatic rings. The van der Waals surface area contributed by atoms with Gasteiger partial charge in [-0.3, -0.25) is 0 Å². The Labute approximate surface area is 124 Å². The molecule has 0 aliphatic carbocycles. The highest BCUT2D eigenvalue weighted by Crippen LogP contribution is 2.29. The number of nitriles is 1. The van der Waals surface area contributed by atoms with Crippen LogP contribution >= 0.6 is 11.6 Å². The van der Waals surface area contributed by atoms with Crippen molar-refractivity contribution in [3.63, 3.8) is 0 Å². The normalized spacial score (nSPS) is 12.6.